The second-order valence-corrected chi connectivity index (χ2v) is 5.88. The summed E-state index contributed by atoms with van der Waals surface area (Å²) in [6, 6.07) is 0. The third kappa shape index (κ3) is 23.1. The van der Waals surface area contributed by atoms with Crippen LogP contribution >= 0.6 is 0 Å². The van der Waals surface area contributed by atoms with Crippen LogP contribution in [0.4, 0.5) is 0 Å². The first-order chi connectivity index (χ1) is 10.2. The first-order valence-corrected chi connectivity index (χ1v) is 8.94. The molecule has 0 rings (SSSR count). The fourth-order valence-corrected chi connectivity index (χ4v) is 2.33. The fraction of sp³-hybridized carbons (Fsp3) is 0.889. The van der Waals surface area contributed by atoms with Crippen molar-refractivity contribution in [1.82, 2.24) is 0 Å². The Bertz CT molecular complexity index is 281. The molecule has 0 amide bonds. The molecule has 0 aromatic rings. The summed E-state index contributed by atoms with van der Waals surface area (Å²) in [5.74, 6) is -0.693. The van der Waals surface area contributed by atoms with Gasteiger partial charge >= 0.3 is 71.1 Å². The van der Waals surface area contributed by atoms with Crippen molar-refractivity contribution in [1.29, 1.82) is 0 Å². The maximum atomic E-state index is 11.5. The molecule has 128 valence electrons. The predicted octanol–water partition coefficient (Wildman–Crippen LogP) is -0.210. The van der Waals surface area contributed by atoms with E-state index in [9.17, 15) is 9.59 Å². The Morgan fingerprint density at radius 1 is 0.609 bits per heavy atom. The van der Waals surface area contributed by atoms with Gasteiger partial charge in [-0.2, -0.15) is 0 Å². The number of hydrogen-bond donors (Lipinski definition) is 0. The first kappa shape index (κ1) is 28.9. The molecule has 23 heavy (non-hydrogen) atoms. The van der Waals surface area contributed by atoms with Gasteiger partial charge in [-0.15, -0.1) is 0 Å². The Morgan fingerprint density at radius 3 is 1.26 bits per heavy atom. The molecule has 0 aromatic heterocycles. The van der Waals surface area contributed by atoms with E-state index in [0.29, 0.717) is 12.8 Å². The smallest absolute Gasteiger partial charge is 1.00 e. The molecule has 0 bridgehead atoms. The van der Waals surface area contributed by atoms with Crippen molar-refractivity contribution in [3.63, 3.8) is 0 Å². The van der Waals surface area contributed by atoms with Crippen molar-refractivity contribution in [2.45, 2.75) is 104 Å². The van der Waals surface area contributed by atoms with E-state index in [0.717, 1.165) is 32.1 Å². The summed E-state index contributed by atoms with van der Waals surface area (Å²) in [7, 11) is 0. The van der Waals surface area contributed by atoms with Crippen LogP contribution < -0.4 is 59.1 Å². The van der Waals surface area contributed by atoms with Gasteiger partial charge in [0.2, 0.25) is 0 Å². The summed E-state index contributed by atoms with van der Waals surface area (Å²) in [4.78, 5) is 22.9. The van der Waals surface area contributed by atoms with Gasteiger partial charge in [0.25, 0.3) is 0 Å². The van der Waals surface area contributed by atoms with Crippen LogP contribution in [0.5, 0.6) is 0 Å². The van der Waals surface area contributed by atoms with Crippen LogP contribution in [0.2, 0.25) is 0 Å². The third-order valence-electron chi connectivity index (χ3n) is 3.70. The van der Waals surface area contributed by atoms with Gasteiger partial charge < -0.3 is 7.59 Å². The maximum absolute atomic E-state index is 11.5. The zero-order valence-corrected chi connectivity index (χ0v) is 20.1. The van der Waals surface area contributed by atoms with Crippen molar-refractivity contribution in [3.8, 4) is 0 Å². The molecule has 0 aromatic carbocycles. The summed E-state index contributed by atoms with van der Waals surface area (Å²) in [6.45, 7) is 4.37. The average molecular weight is 346 g/mol. The second-order valence-electron chi connectivity index (χ2n) is 5.88. The molecule has 5 heteroatoms. The largest absolute Gasteiger partial charge is 1.00 e. The Hall–Kier alpha value is 1.14. The van der Waals surface area contributed by atoms with E-state index in [1.165, 1.54) is 44.9 Å². The maximum Gasteiger partial charge on any atom is 1.00 e. The summed E-state index contributed by atoms with van der Waals surface area (Å²) in [5, 5.41) is 0. The Labute approximate surface area is 190 Å². The third-order valence-corrected chi connectivity index (χ3v) is 3.70. The van der Waals surface area contributed by atoms with Crippen LogP contribution in [-0.2, 0) is 14.3 Å². The molecular weight excluding hydrogens is 310 g/mol. The number of esters is 2. The minimum Gasteiger partial charge on any atom is -1.00 e. The van der Waals surface area contributed by atoms with Crippen LogP contribution in [0.3, 0.4) is 0 Å². The van der Waals surface area contributed by atoms with Gasteiger partial charge in [-0.25, -0.2) is 0 Å². The Morgan fingerprint density at radius 2 is 0.913 bits per heavy atom. The van der Waals surface area contributed by atoms with Crippen molar-refractivity contribution < 1.29 is 76.3 Å². The summed E-state index contributed by atoms with van der Waals surface area (Å²) < 4.78 is 4.82. The van der Waals surface area contributed by atoms with E-state index in [4.69, 9.17) is 4.74 Å². The van der Waals surface area contributed by atoms with E-state index in [-0.39, 0.29) is 73.9 Å². The minimum absolute atomic E-state index is 0. The molecule has 0 atom stereocenters. The topological polar surface area (TPSA) is 43.4 Å². The number of carbonyl (C=O) groups excluding carboxylic acids is 2. The second kappa shape index (κ2) is 23.1. The molecule has 0 fully saturated rings. The molecule has 0 saturated heterocycles. The Balaban J connectivity index is -0.000000333. The van der Waals surface area contributed by atoms with Crippen LogP contribution in [0.15, 0.2) is 0 Å². The summed E-state index contributed by atoms with van der Waals surface area (Å²) in [6.07, 6.45) is 14.4. The SMILES string of the molecule is CCCCCCCCCC(=O)OC(=O)CCCCCCC.[H-].[H-].[Na+].[Na+]. The zero-order chi connectivity index (χ0) is 15.8. The molecule has 0 unspecified atom stereocenters. The molecule has 3 nitrogen and oxygen atoms in total. The molecule has 0 heterocycles. The van der Waals surface area contributed by atoms with Gasteiger partial charge in [0, 0.05) is 12.8 Å². The van der Waals surface area contributed by atoms with Crippen molar-refractivity contribution in [2.24, 2.45) is 0 Å². The molecule has 0 N–H and O–H groups in total. The van der Waals surface area contributed by atoms with E-state index < -0.39 is 0 Å². The fourth-order valence-electron chi connectivity index (χ4n) is 2.33. The standard InChI is InChI=1S/C18H34O3.2Na.2H/c1-3-5-7-9-10-12-14-16-18(20)21-17(19)15-13-11-8-6-4-2;;;;/h3-16H2,1-2H3;;;;/q;2*+1;2*-1. The van der Waals surface area contributed by atoms with Crippen molar-refractivity contribution in [2.75, 3.05) is 0 Å². The van der Waals surface area contributed by atoms with Gasteiger partial charge in [-0.05, 0) is 12.8 Å². The van der Waals surface area contributed by atoms with Gasteiger partial charge in [0.15, 0.2) is 0 Å². The molecule has 0 spiro atoms. The van der Waals surface area contributed by atoms with Crippen LogP contribution in [0.1, 0.15) is 107 Å². The van der Waals surface area contributed by atoms with Crippen molar-refractivity contribution in [3.05, 3.63) is 0 Å². The average Bonchev–Trinajstić information content (AvgIpc) is 2.46. The first-order valence-electron chi connectivity index (χ1n) is 8.94. The van der Waals surface area contributed by atoms with Crippen LogP contribution in [0, 0.1) is 0 Å². The predicted molar refractivity (Wildman–Crippen MR) is 89.3 cm³/mol. The van der Waals surface area contributed by atoms with Crippen LogP contribution in [-0.4, -0.2) is 11.9 Å². The monoisotopic (exact) mass is 346 g/mol. The molecule has 0 saturated carbocycles. The summed E-state index contributed by atoms with van der Waals surface area (Å²) in [5.41, 5.74) is 0. The van der Waals surface area contributed by atoms with E-state index >= 15 is 0 Å². The van der Waals surface area contributed by atoms with Gasteiger partial charge in [0.05, 0.1) is 0 Å². The van der Waals surface area contributed by atoms with Crippen LogP contribution in [0.25, 0.3) is 0 Å². The number of rotatable bonds is 14. The quantitative estimate of drug-likeness (QED) is 0.189. The van der Waals surface area contributed by atoms with E-state index in [1.54, 1.807) is 0 Å². The van der Waals surface area contributed by atoms with E-state index in [1.807, 2.05) is 0 Å². The van der Waals surface area contributed by atoms with Gasteiger partial charge in [-0.3, -0.25) is 9.59 Å². The number of carbonyl (C=O) groups is 2. The van der Waals surface area contributed by atoms with Gasteiger partial charge in [-0.1, -0.05) is 78.1 Å². The summed E-state index contributed by atoms with van der Waals surface area (Å²) >= 11 is 0. The number of unbranched alkanes of at least 4 members (excludes halogenated alkanes) is 10. The molecule has 0 aliphatic heterocycles. The molecule has 0 aliphatic carbocycles. The molecule has 0 radical (unpaired) electrons. The van der Waals surface area contributed by atoms with Gasteiger partial charge in [0.1, 0.15) is 0 Å². The van der Waals surface area contributed by atoms with Crippen molar-refractivity contribution >= 4 is 11.9 Å². The molecule has 0 aliphatic rings. The number of hydrogen-bond acceptors (Lipinski definition) is 3. The zero-order valence-electron chi connectivity index (χ0n) is 18.1. The normalized spacial score (nSPS) is 9.65. The molecular formula is C18H36Na2O3. The van der Waals surface area contributed by atoms with E-state index in [2.05, 4.69) is 13.8 Å². The minimum atomic E-state index is -0.348. The Kier molecular flexibility index (Phi) is 29.1. The number of ether oxygens (including phenoxy) is 1.